The third kappa shape index (κ3) is 3.95. The van der Waals surface area contributed by atoms with E-state index in [9.17, 15) is 12.8 Å². The highest BCUT2D eigenvalue weighted by atomic mass is 32.2. The molecule has 1 atom stereocenters. The number of hydrogen-bond donors (Lipinski definition) is 0. The number of aromatic nitrogens is 2. The van der Waals surface area contributed by atoms with Gasteiger partial charge in [0.05, 0.1) is 10.8 Å². The topological polar surface area (TPSA) is 76.3 Å². The van der Waals surface area contributed by atoms with Gasteiger partial charge in [0.2, 0.25) is 21.8 Å². The fourth-order valence-electron chi connectivity index (χ4n) is 3.49. The summed E-state index contributed by atoms with van der Waals surface area (Å²) < 4.78 is 46.6. The van der Waals surface area contributed by atoms with Crippen molar-refractivity contribution in [3.63, 3.8) is 0 Å². The van der Waals surface area contributed by atoms with E-state index in [-0.39, 0.29) is 11.7 Å². The van der Waals surface area contributed by atoms with Gasteiger partial charge < -0.3 is 4.42 Å². The number of benzene rings is 2. The van der Waals surface area contributed by atoms with Gasteiger partial charge in [-0.05, 0) is 74.2 Å². The minimum absolute atomic E-state index is 0.174. The normalized spacial score (nSPS) is 18.1. The highest BCUT2D eigenvalue weighted by Crippen LogP contribution is 2.31. The zero-order chi connectivity index (χ0) is 20.6. The molecule has 3 aromatic rings. The fourth-order valence-corrected chi connectivity index (χ4v) is 5.10. The summed E-state index contributed by atoms with van der Waals surface area (Å²) in [5.41, 5.74) is 2.63. The Labute approximate surface area is 169 Å². The third-order valence-electron chi connectivity index (χ3n) is 5.38. The summed E-state index contributed by atoms with van der Waals surface area (Å²) in [6.07, 6.45) is 1.48. The second-order valence-corrected chi connectivity index (χ2v) is 9.34. The molecule has 0 aliphatic carbocycles. The fraction of sp³-hybridized carbons (Fsp3) is 0.333. The Morgan fingerprint density at radius 1 is 1.07 bits per heavy atom. The average molecular weight is 415 g/mol. The highest BCUT2D eigenvalue weighted by Gasteiger charge is 2.33. The first kappa shape index (κ1) is 19.7. The highest BCUT2D eigenvalue weighted by molar-refractivity contribution is 7.89. The molecule has 1 aromatic heterocycles. The minimum atomic E-state index is -3.59. The molecule has 0 amide bonds. The van der Waals surface area contributed by atoms with Crippen molar-refractivity contribution in [2.45, 2.75) is 37.5 Å². The van der Waals surface area contributed by atoms with Crippen LogP contribution in [0.4, 0.5) is 4.39 Å². The Balaban J connectivity index is 1.55. The first-order valence-corrected chi connectivity index (χ1v) is 11.0. The van der Waals surface area contributed by atoms with Crippen molar-refractivity contribution >= 4 is 10.0 Å². The van der Waals surface area contributed by atoms with Crippen LogP contribution in [0.3, 0.4) is 0 Å². The monoisotopic (exact) mass is 415 g/mol. The molecule has 1 saturated heterocycles. The molecular weight excluding hydrogens is 393 g/mol. The number of rotatable bonds is 4. The lowest BCUT2D eigenvalue weighted by Gasteiger charge is -2.30. The van der Waals surface area contributed by atoms with Gasteiger partial charge in [0, 0.05) is 18.7 Å². The predicted octanol–water partition coefficient (Wildman–Crippen LogP) is 4.06. The summed E-state index contributed by atoms with van der Waals surface area (Å²) in [6, 6.07) is 11.0. The van der Waals surface area contributed by atoms with Crippen molar-refractivity contribution in [1.29, 1.82) is 0 Å². The van der Waals surface area contributed by atoms with Crippen LogP contribution < -0.4 is 0 Å². The molecule has 1 aliphatic rings. The van der Waals surface area contributed by atoms with Crippen LogP contribution in [-0.2, 0) is 10.0 Å². The van der Waals surface area contributed by atoms with E-state index in [1.165, 1.54) is 16.4 Å². The molecule has 0 radical (unpaired) electrons. The second kappa shape index (κ2) is 7.68. The van der Waals surface area contributed by atoms with Crippen LogP contribution in [0.2, 0.25) is 0 Å². The van der Waals surface area contributed by atoms with Crippen LogP contribution in [0.15, 0.2) is 51.8 Å². The lowest BCUT2D eigenvalue weighted by atomic mass is 10.00. The van der Waals surface area contributed by atoms with Crippen LogP contribution in [0.5, 0.6) is 0 Å². The third-order valence-corrected chi connectivity index (χ3v) is 7.24. The maximum Gasteiger partial charge on any atom is 0.247 e. The average Bonchev–Trinajstić information content (AvgIpc) is 3.21. The Bertz CT molecular complexity index is 1130. The summed E-state index contributed by atoms with van der Waals surface area (Å²) in [7, 11) is -3.59. The largest absolute Gasteiger partial charge is 0.420 e. The van der Waals surface area contributed by atoms with Gasteiger partial charge in [-0.3, -0.25) is 0 Å². The van der Waals surface area contributed by atoms with Gasteiger partial charge >= 0.3 is 0 Å². The molecule has 2 aromatic carbocycles. The maximum absolute atomic E-state index is 13.1. The summed E-state index contributed by atoms with van der Waals surface area (Å²) in [5, 5.41) is 8.17. The molecule has 0 spiro atoms. The molecule has 0 N–H and O–H groups in total. The minimum Gasteiger partial charge on any atom is -0.420 e. The SMILES string of the molecule is Cc1ccc(S(=O)(=O)N2CCCC(c3nnc(-c4ccc(F)cc4)o3)C2)cc1C. The zero-order valence-electron chi connectivity index (χ0n) is 16.3. The summed E-state index contributed by atoms with van der Waals surface area (Å²) in [6.45, 7) is 4.62. The van der Waals surface area contributed by atoms with Crippen LogP contribution in [-0.4, -0.2) is 36.0 Å². The van der Waals surface area contributed by atoms with Crippen LogP contribution in [0.1, 0.15) is 35.8 Å². The molecule has 29 heavy (non-hydrogen) atoms. The lowest BCUT2D eigenvalue weighted by Crippen LogP contribution is -2.39. The van der Waals surface area contributed by atoms with Crippen LogP contribution >= 0.6 is 0 Å². The molecule has 0 saturated carbocycles. The number of sulfonamides is 1. The van der Waals surface area contributed by atoms with Crippen molar-refractivity contribution < 1.29 is 17.2 Å². The van der Waals surface area contributed by atoms with Crippen LogP contribution in [0, 0.1) is 19.7 Å². The molecule has 2 heterocycles. The van der Waals surface area contributed by atoms with E-state index in [1.54, 1.807) is 24.3 Å². The summed E-state index contributed by atoms with van der Waals surface area (Å²) in [5.74, 6) is 0.193. The smallest absolute Gasteiger partial charge is 0.247 e. The van der Waals surface area contributed by atoms with E-state index < -0.39 is 10.0 Å². The number of aryl methyl sites for hydroxylation is 2. The molecule has 0 bridgehead atoms. The van der Waals surface area contributed by atoms with E-state index in [0.717, 1.165) is 17.5 Å². The van der Waals surface area contributed by atoms with E-state index in [2.05, 4.69) is 10.2 Å². The van der Waals surface area contributed by atoms with Crippen molar-refractivity contribution in [1.82, 2.24) is 14.5 Å². The zero-order valence-corrected chi connectivity index (χ0v) is 17.1. The number of hydrogen-bond acceptors (Lipinski definition) is 5. The molecular formula is C21H22FN3O3S. The van der Waals surface area contributed by atoms with Gasteiger partial charge in [0.25, 0.3) is 0 Å². The number of piperidine rings is 1. The van der Waals surface area contributed by atoms with Crippen LogP contribution in [0.25, 0.3) is 11.5 Å². The van der Waals surface area contributed by atoms with Crippen molar-refractivity contribution in [2.75, 3.05) is 13.1 Å². The van der Waals surface area contributed by atoms with Gasteiger partial charge in [0.1, 0.15) is 5.82 Å². The second-order valence-electron chi connectivity index (χ2n) is 7.40. The van der Waals surface area contributed by atoms with Gasteiger partial charge in [0.15, 0.2) is 0 Å². The van der Waals surface area contributed by atoms with E-state index in [1.807, 2.05) is 19.9 Å². The maximum atomic E-state index is 13.1. The molecule has 152 valence electrons. The van der Waals surface area contributed by atoms with E-state index in [0.29, 0.717) is 41.8 Å². The Hall–Kier alpha value is -2.58. The molecule has 4 rings (SSSR count). The first-order chi connectivity index (χ1) is 13.8. The van der Waals surface area contributed by atoms with Gasteiger partial charge in [-0.15, -0.1) is 10.2 Å². The van der Waals surface area contributed by atoms with E-state index in [4.69, 9.17) is 4.42 Å². The Morgan fingerprint density at radius 3 is 2.55 bits per heavy atom. The Morgan fingerprint density at radius 2 is 1.83 bits per heavy atom. The number of halogens is 1. The van der Waals surface area contributed by atoms with Crippen molar-refractivity contribution in [3.8, 4) is 11.5 Å². The molecule has 6 nitrogen and oxygen atoms in total. The molecule has 1 fully saturated rings. The summed E-state index contributed by atoms with van der Waals surface area (Å²) in [4.78, 5) is 0.304. The van der Waals surface area contributed by atoms with Crippen molar-refractivity contribution in [2.24, 2.45) is 0 Å². The first-order valence-electron chi connectivity index (χ1n) is 9.51. The predicted molar refractivity (Wildman–Crippen MR) is 106 cm³/mol. The van der Waals surface area contributed by atoms with Crippen molar-refractivity contribution in [3.05, 3.63) is 65.3 Å². The molecule has 1 unspecified atom stereocenters. The van der Waals surface area contributed by atoms with Gasteiger partial charge in [-0.25, -0.2) is 12.8 Å². The Kier molecular flexibility index (Phi) is 5.23. The quantitative estimate of drug-likeness (QED) is 0.642. The molecule has 1 aliphatic heterocycles. The lowest BCUT2D eigenvalue weighted by molar-refractivity contribution is 0.286. The van der Waals surface area contributed by atoms with Gasteiger partial charge in [-0.2, -0.15) is 4.31 Å². The van der Waals surface area contributed by atoms with E-state index >= 15 is 0 Å². The number of nitrogens with zero attached hydrogens (tertiary/aromatic N) is 3. The summed E-state index contributed by atoms with van der Waals surface area (Å²) >= 11 is 0. The van der Waals surface area contributed by atoms with Gasteiger partial charge in [-0.1, -0.05) is 6.07 Å². The standard InChI is InChI=1S/C21H22FN3O3S/c1-14-5-10-19(12-15(14)2)29(26,27)25-11-3-4-17(13-25)21-24-23-20(28-21)16-6-8-18(22)9-7-16/h5-10,12,17H,3-4,11,13H2,1-2H3. The molecule has 8 heteroatoms.